The largest absolute Gasteiger partial charge is 0.508 e. The Hall–Kier alpha value is -2.24. The minimum Gasteiger partial charge on any atom is -0.508 e. The average molecular weight is 351 g/mol. The van der Waals surface area contributed by atoms with Crippen LogP contribution in [0.3, 0.4) is 0 Å². The van der Waals surface area contributed by atoms with E-state index < -0.39 is 11.9 Å². The van der Waals surface area contributed by atoms with Gasteiger partial charge in [-0.05, 0) is 36.4 Å². The number of amides is 2. The van der Waals surface area contributed by atoms with Crippen molar-refractivity contribution in [2.24, 2.45) is 0 Å². The number of rotatable bonds is 3. The van der Waals surface area contributed by atoms with E-state index in [0.29, 0.717) is 21.4 Å². The molecule has 1 unspecified atom stereocenters. The molecule has 3 rings (SSSR count). The lowest BCUT2D eigenvalue weighted by atomic mass is 10.2. The fraction of sp³-hybridized carbons (Fsp3) is 0.125. The molecule has 0 saturated carbocycles. The predicted octanol–water partition coefficient (Wildman–Crippen LogP) is 3.44. The van der Waals surface area contributed by atoms with E-state index in [1.165, 1.54) is 24.3 Å². The smallest absolute Gasteiger partial charge is 0.256 e. The maximum absolute atomic E-state index is 12.5. The summed E-state index contributed by atoms with van der Waals surface area (Å²) in [6.07, 6.45) is 0.00125. The van der Waals surface area contributed by atoms with Gasteiger partial charge in [0.2, 0.25) is 5.91 Å². The van der Waals surface area contributed by atoms with Crippen LogP contribution in [0.1, 0.15) is 6.42 Å². The summed E-state index contributed by atoms with van der Waals surface area (Å²) in [6, 6.07) is 10.1. The number of halogens is 2. The highest BCUT2D eigenvalue weighted by Gasteiger charge is 2.40. The first kappa shape index (κ1) is 15.6. The van der Waals surface area contributed by atoms with E-state index in [-0.39, 0.29) is 18.1 Å². The number of nitrogens with zero attached hydrogens (tertiary/aromatic N) is 1. The maximum Gasteiger partial charge on any atom is 0.256 e. The number of imide groups is 1. The molecule has 0 aliphatic carbocycles. The van der Waals surface area contributed by atoms with Crippen LogP contribution in [0.4, 0.5) is 11.4 Å². The first-order valence-electron chi connectivity index (χ1n) is 6.84. The molecule has 0 bridgehead atoms. The molecule has 1 fully saturated rings. The number of carbonyl (C=O) groups excluding carboxylic acids is 2. The number of phenols is 1. The number of hydrogen-bond donors (Lipinski definition) is 2. The molecule has 5 nitrogen and oxygen atoms in total. The number of anilines is 2. The summed E-state index contributed by atoms with van der Waals surface area (Å²) in [4.78, 5) is 25.8. The second kappa shape index (κ2) is 6.10. The number of hydrogen-bond acceptors (Lipinski definition) is 4. The van der Waals surface area contributed by atoms with E-state index in [4.69, 9.17) is 23.2 Å². The number of carbonyl (C=O) groups is 2. The Labute approximate surface area is 142 Å². The van der Waals surface area contributed by atoms with Crippen molar-refractivity contribution in [2.75, 3.05) is 10.2 Å². The van der Waals surface area contributed by atoms with E-state index in [1.807, 2.05) is 0 Å². The van der Waals surface area contributed by atoms with Crippen molar-refractivity contribution in [1.29, 1.82) is 0 Å². The summed E-state index contributed by atoms with van der Waals surface area (Å²) in [7, 11) is 0. The minimum atomic E-state index is -0.742. The Morgan fingerprint density at radius 3 is 2.26 bits per heavy atom. The molecule has 1 heterocycles. The van der Waals surface area contributed by atoms with Gasteiger partial charge in [-0.15, -0.1) is 0 Å². The molecule has 1 aliphatic rings. The van der Waals surface area contributed by atoms with Gasteiger partial charge in [-0.2, -0.15) is 0 Å². The maximum atomic E-state index is 12.5. The Bertz CT molecular complexity index is 757. The highest BCUT2D eigenvalue weighted by molar-refractivity contribution is 6.39. The van der Waals surface area contributed by atoms with Crippen LogP contribution in [0, 0.1) is 0 Å². The minimum absolute atomic E-state index is 0.00125. The molecule has 118 valence electrons. The molecule has 1 saturated heterocycles. The number of nitrogens with one attached hydrogen (secondary N) is 1. The fourth-order valence-electron chi connectivity index (χ4n) is 2.43. The zero-order valence-electron chi connectivity index (χ0n) is 11.8. The molecular formula is C16H12Cl2N2O3. The molecule has 2 aromatic carbocycles. The van der Waals surface area contributed by atoms with Gasteiger partial charge in [0.05, 0.1) is 27.8 Å². The van der Waals surface area contributed by atoms with E-state index in [9.17, 15) is 14.7 Å². The van der Waals surface area contributed by atoms with Gasteiger partial charge in [-0.1, -0.05) is 29.3 Å². The number of benzene rings is 2. The van der Waals surface area contributed by atoms with Crippen molar-refractivity contribution in [3.05, 3.63) is 52.5 Å². The van der Waals surface area contributed by atoms with Crippen molar-refractivity contribution in [3.8, 4) is 5.75 Å². The summed E-state index contributed by atoms with van der Waals surface area (Å²) in [5, 5.41) is 13.0. The molecule has 7 heteroatoms. The number of phenolic OH excluding ortho intramolecular Hbond substituents is 1. The lowest BCUT2D eigenvalue weighted by Crippen LogP contribution is -2.34. The molecule has 23 heavy (non-hydrogen) atoms. The lowest BCUT2D eigenvalue weighted by molar-refractivity contribution is -0.121. The normalized spacial score (nSPS) is 17.7. The van der Waals surface area contributed by atoms with Gasteiger partial charge >= 0.3 is 0 Å². The van der Waals surface area contributed by atoms with Crippen LogP contribution >= 0.6 is 23.2 Å². The number of para-hydroxylation sites is 1. The molecular weight excluding hydrogens is 339 g/mol. The van der Waals surface area contributed by atoms with Gasteiger partial charge in [-0.3, -0.25) is 9.59 Å². The van der Waals surface area contributed by atoms with E-state index in [2.05, 4.69) is 5.32 Å². The van der Waals surface area contributed by atoms with Gasteiger partial charge in [-0.25, -0.2) is 4.90 Å². The van der Waals surface area contributed by atoms with Crippen LogP contribution in [0.2, 0.25) is 10.0 Å². The zero-order chi connectivity index (χ0) is 16.6. The first-order chi connectivity index (χ1) is 11.0. The standard InChI is InChI=1S/C16H12Cl2N2O3/c17-11-2-1-3-12(18)15(11)19-13-8-14(22)20(16(13)23)9-4-6-10(21)7-5-9/h1-7,13,19,21H,8H2. The molecule has 0 aromatic heterocycles. The monoisotopic (exact) mass is 350 g/mol. The summed E-state index contributed by atoms with van der Waals surface area (Å²) in [5.74, 6) is -0.664. The number of aromatic hydroxyl groups is 1. The van der Waals surface area contributed by atoms with Crippen molar-refractivity contribution >= 4 is 46.4 Å². The fourth-order valence-corrected chi connectivity index (χ4v) is 2.93. The van der Waals surface area contributed by atoms with Crippen LogP contribution < -0.4 is 10.2 Å². The lowest BCUT2D eigenvalue weighted by Gasteiger charge is -2.17. The third kappa shape index (κ3) is 2.98. The third-order valence-electron chi connectivity index (χ3n) is 3.54. The Kier molecular flexibility index (Phi) is 4.15. The molecule has 2 aromatic rings. The van der Waals surface area contributed by atoms with Crippen LogP contribution in [-0.2, 0) is 9.59 Å². The zero-order valence-corrected chi connectivity index (χ0v) is 13.3. The Morgan fingerprint density at radius 1 is 1.04 bits per heavy atom. The molecule has 1 aliphatic heterocycles. The summed E-state index contributed by atoms with van der Waals surface area (Å²) in [6.45, 7) is 0. The summed E-state index contributed by atoms with van der Waals surface area (Å²) in [5.41, 5.74) is 0.835. The van der Waals surface area contributed by atoms with Gasteiger partial charge in [0.1, 0.15) is 11.8 Å². The Balaban J connectivity index is 1.85. The highest BCUT2D eigenvalue weighted by atomic mass is 35.5. The van der Waals surface area contributed by atoms with Gasteiger partial charge in [0, 0.05) is 0 Å². The summed E-state index contributed by atoms with van der Waals surface area (Å²) < 4.78 is 0. The Morgan fingerprint density at radius 2 is 1.65 bits per heavy atom. The van der Waals surface area contributed by atoms with Crippen molar-refractivity contribution in [2.45, 2.75) is 12.5 Å². The molecule has 1 atom stereocenters. The van der Waals surface area contributed by atoms with E-state index in [1.54, 1.807) is 18.2 Å². The van der Waals surface area contributed by atoms with Gasteiger partial charge < -0.3 is 10.4 Å². The van der Waals surface area contributed by atoms with Crippen LogP contribution in [0.15, 0.2) is 42.5 Å². The van der Waals surface area contributed by atoms with Crippen molar-refractivity contribution in [3.63, 3.8) is 0 Å². The SMILES string of the molecule is O=C1CC(Nc2c(Cl)cccc2Cl)C(=O)N1c1ccc(O)cc1. The first-order valence-corrected chi connectivity index (χ1v) is 7.59. The third-order valence-corrected chi connectivity index (χ3v) is 4.17. The van der Waals surface area contributed by atoms with E-state index in [0.717, 1.165) is 4.90 Å². The van der Waals surface area contributed by atoms with E-state index >= 15 is 0 Å². The van der Waals surface area contributed by atoms with Gasteiger partial charge in [0.25, 0.3) is 5.91 Å². The molecule has 2 amide bonds. The topological polar surface area (TPSA) is 69.6 Å². The van der Waals surface area contributed by atoms with Crippen LogP contribution in [-0.4, -0.2) is 23.0 Å². The van der Waals surface area contributed by atoms with Crippen molar-refractivity contribution in [1.82, 2.24) is 0 Å². The van der Waals surface area contributed by atoms with Crippen molar-refractivity contribution < 1.29 is 14.7 Å². The average Bonchev–Trinajstić information content (AvgIpc) is 2.79. The predicted molar refractivity (Wildman–Crippen MR) is 89.1 cm³/mol. The van der Waals surface area contributed by atoms with Gasteiger partial charge in [0.15, 0.2) is 0 Å². The second-order valence-electron chi connectivity index (χ2n) is 5.08. The quantitative estimate of drug-likeness (QED) is 0.832. The van der Waals surface area contributed by atoms with Crippen LogP contribution in [0.5, 0.6) is 5.75 Å². The highest BCUT2D eigenvalue weighted by Crippen LogP contribution is 2.33. The molecule has 0 radical (unpaired) electrons. The summed E-state index contributed by atoms with van der Waals surface area (Å²) >= 11 is 12.2. The molecule has 0 spiro atoms. The van der Waals surface area contributed by atoms with Crippen LogP contribution in [0.25, 0.3) is 0 Å². The molecule has 2 N–H and O–H groups in total. The second-order valence-corrected chi connectivity index (χ2v) is 5.90.